The predicted octanol–water partition coefficient (Wildman–Crippen LogP) is 3.67. The van der Waals surface area contributed by atoms with Crippen LogP contribution in [0.15, 0.2) is 48.5 Å². The lowest BCUT2D eigenvalue weighted by Gasteiger charge is -2.23. The molecule has 0 aliphatic heterocycles. The number of halogens is 1. The molecule has 0 atom stereocenters. The van der Waals surface area contributed by atoms with Crippen LogP contribution in [0.4, 0.5) is 10.5 Å². The van der Waals surface area contributed by atoms with Crippen LogP contribution in [0.25, 0.3) is 0 Å². The molecule has 2 rings (SSSR count). The molecule has 0 saturated carbocycles. The first-order valence-corrected chi connectivity index (χ1v) is 7.45. The van der Waals surface area contributed by atoms with E-state index in [0.29, 0.717) is 17.3 Å². The van der Waals surface area contributed by atoms with Gasteiger partial charge in [-0.2, -0.15) is 0 Å². The highest BCUT2D eigenvalue weighted by Gasteiger charge is 2.14. The largest absolute Gasteiger partial charge is 0.395 e. The number of rotatable bonds is 5. The van der Waals surface area contributed by atoms with Gasteiger partial charge in [0.2, 0.25) is 0 Å². The molecule has 22 heavy (non-hydrogen) atoms. The maximum Gasteiger partial charge on any atom is 0.322 e. The van der Waals surface area contributed by atoms with E-state index >= 15 is 0 Å². The second-order valence-electron chi connectivity index (χ2n) is 5.02. The van der Waals surface area contributed by atoms with Gasteiger partial charge in [0.25, 0.3) is 0 Å². The average molecular weight is 319 g/mol. The molecule has 0 unspecified atom stereocenters. The Bertz CT molecular complexity index is 632. The molecule has 0 radical (unpaired) electrons. The molecule has 0 saturated heterocycles. The predicted molar refractivity (Wildman–Crippen MR) is 89.1 cm³/mol. The van der Waals surface area contributed by atoms with Crippen LogP contribution < -0.4 is 5.32 Å². The summed E-state index contributed by atoms with van der Waals surface area (Å²) < 4.78 is 0. The van der Waals surface area contributed by atoms with Crippen LogP contribution in [-0.4, -0.2) is 29.2 Å². The minimum Gasteiger partial charge on any atom is -0.395 e. The van der Waals surface area contributed by atoms with Gasteiger partial charge in [0.1, 0.15) is 0 Å². The van der Waals surface area contributed by atoms with E-state index < -0.39 is 0 Å². The van der Waals surface area contributed by atoms with E-state index in [9.17, 15) is 9.90 Å². The molecule has 0 heterocycles. The fraction of sp³-hybridized carbons (Fsp3) is 0.235. The van der Waals surface area contributed by atoms with Crippen LogP contribution in [0.5, 0.6) is 0 Å². The quantitative estimate of drug-likeness (QED) is 0.883. The van der Waals surface area contributed by atoms with Gasteiger partial charge in [-0.1, -0.05) is 41.9 Å². The third kappa shape index (κ3) is 4.48. The Kier molecular flexibility index (Phi) is 5.81. The van der Waals surface area contributed by atoms with Crippen LogP contribution in [0.1, 0.15) is 11.1 Å². The Labute approximate surface area is 135 Å². The number of anilines is 1. The molecular formula is C17H19ClN2O2. The lowest BCUT2D eigenvalue weighted by molar-refractivity contribution is 0.185. The number of aliphatic hydroxyl groups excluding tert-OH is 1. The molecule has 5 heteroatoms. The maximum absolute atomic E-state index is 12.4. The summed E-state index contributed by atoms with van der Waals surface area (Å²) >= 11 is 5.92. The maximum atomic E-state index is 12.4. The topological polar surface area (TPSA) is 52.6 Å². The van der Waals surface area contributed by atoms with Crippen molar-refractivity contribution in [3.63, 3.8) is 0 Å². The molecule has 2 aromatic carbocycles. The first kappa shape index (κ1) is 16.3. The van der Waals surface area contributed by atoms with Crippen molar-refractivity contribution >= 4 is 23.3 Å². The van der Waals surface area contributed by atoms with Gasteiger partial charge < -0.3 is 15.3 Å². The molecule has 4 nitrogen and oxygen atoms in total. The van der Waals surface area contributed by atoms with Gasteiger partial charge >= 0.3 is 6.03 Å². The smallest absolute Gasteiger partial charge is 0.322 e. The average Bonchev–Trinajstić information content (AvgIpc) is 2.50. The van der Waals surface area contributed by atoms with Gasteiger partial charge in [-0.05, 0) is 36.2 Å². The zero-order chi connectivity index (χ0) is 15.9. The fourth-order valence-corrected chi connectivity index (χ4v) is 2.37. The summed E-state index contributed by atoms with van der Waals surface area (Å²) in [6, 6.07) is 14.7. The summed E-state index contributed by atoms with van der Waals surface area (Å²) in [7, 11) is 0. The Morgan fingerprint density at radius 1 is 1.23 bits per heavy atom. The van der Waals surface area contributed by atoms with Gasteiger partial charge in [-0.3, -0.25) is 0 Å². The molecule has 0 spiro atoms. The number of hydrogen-bond donors (Lipinski definition) is 2. The van der Waals surface area contributed by atoms with Crippen molar-refractivity contribution in [2.24, 2.45) is 0 Å². The third-order valence-electron chi connectivity index (χ3n) is 3.30. The second kappa shape index (κ2) is 7.82. The number of carbonyl (C=O) groups is 1. The minimum absolute atomic E-state index is 0.0835. The number of benzene rings is 2. The highest BCUT2D eigenvalue weighted by molar-refractivity contribution is 6.30. The van der Waals surface area contributed by atoms with Gasteiger partial charge in [-0.15, -0.1) is 0 Å². The Balaban J connectivity index is 2.09. The van der Waals surface area contributed by atoms with Crippen molar-refractivity contribution < 1.29 is 9.90 Å². The van der Waals surface area contributed by atoms with Crippen molar-refractivity contribution in [2.45, 2.75) is 13.5 Å². The number of nitrogens with one attached hydrogen (secondary N) is 1. The Morgan fingerprint density at radius 3 is 2.59 bits per heavy atom. The van der Waals surface area contributed by atoms with Crippen LogP contribution in [0.3, 0.4) is 0 Å². The number of aliphatic hydroxyl groups is 1. The second-order valence-corrected chi connectivity index (χ2v) is 5.46. The van der Waals surface area contributed by atoms with E-state index in [1.165, 1.54) is 0 Å². The van der Waals surface area contributed by atoms with Crippen LogP contribution in [0, 0.1) is 6.92 Å². The summed E-state index contributed by atoms with van der Waals surface area (Å²) in [4.78, 5) is 14.0. The monoisotopic (exact) mass is 318 g/mol. The molecule has 0 aliphatic carbocycles. The first-order chi connectivity index (χ1) is 10.6. The standard InChI is InChI=1S/C17H19ClN2O2/c1-13-11-15(18)7-8-16(13)19-17(22)20(9-10-21)12-14-5-3-2-4-6-14/h2-8,11,21H,9-10,12H2,1H3,(H,19,22). The van der Waals surface area contributed by atoms with E-state index in [0.717, 1.165) is 11.1 Å². The van der Waals surface area contributed by atoms with Gasteiger partial charge in [0, 0.05) is 23.8 Å². The molecule has 0 bridgehead atoms. The number of urea groups is 1. The van der Waals surface area contributed by atoms with E-state index in [2.05, 4.69) is 5.32 Å². The van der Waals surface area contributed by atoms with Crippen molar-refractivity contribution in [1.29, 1.82) is 0 Å². The number of hydrogen-bond acceptors (Lipinski definition) is 2. The van der Waals surface area contributed by atoms with E-state index in [-0.39, 0.29) is 19.2 Å². The van der Waals surface area contributed by atoms with Crippen LogP contribution in [-0.2, 0) is 6.54 Å². The molecule has 0 aromatic heterocycles. The molecule has 2 N–H and O–H groups in total. The number of amides is 2. The third-order valence-corrected chi connectivity index (χ3v) is 3.54. The van der Waals surface area contributed by atoms with Crippen LogP contribution >= 0.6 is 11.6 Å². The van der Waals surface area contributed by atoms with Gasteiger partial charge in [0.05, 0.1) is 6.61 Å². The summed E-state index contributed by atoms with van der Waals surface area (Å²) in [6.07, 6.45) is 0. The zero-order valence-corrected chi connectivity index (χ0v) is 13.2. The summed E-state index contributed by atoms with van der Waals surface area (Å²) in [6.45, 7) is 2.52. The highest BCUT2D eigenvalue weighted by Crippen LogP contribution is 2.20. The number of nitrogens with zero attached hydrogens (tertiary/aromatic N) is 1. The summed E-state index contributed by atoms with van der Waals surface area (Å²) in [5.74, 6) is 0. The summed E-state index contributed by atoms with van der Waals surface area (Å²) in [5, 5.41) is 12.7. The number of aryl methyl sites for hydroxylation is 1. The zero-order valence-electron chi connectivity index (χ0n) is 12.4. The normalized spacial score (nSPS) is 10.3. The Hall–Kier alpha value is -2.04. The van der Waals surface area contributed by atoms with Crippen LogP contribution in [0.2, 0.25) is 5.02 Å². The Morgan fingerprint density at radius 2 is 1.95 bits per heavy atom. The molecule has 2 amide bonds. The molecule has 0 fully saturated rings. The lowest BCUT2D eigenvalue weighted by atomic mass is 10.2. The highest BCUT2D eigenvalue weighted by atomic mass is 35.5. The van der Waals surface area contributed by atoms with Gasteiger partial charge in [0.15, 0.2) is 0 Å². The summed E-state index contributed by atoms with van der Waals surface area (Å²) in [5.41, 5.74) is 2.62. The van der Waals surface area contributed by atoms with E-state index in [1.807, 2.05) is 37.3 Å². The van der Waals surface area contributed by atoms with Crippen molar-refractivity contribution in [1.82, 2.24) is 4.90 Å². The molecular weight excluding hydrogens is 300 g/mol. The minimum atomic E-state index is -0.247. The van der Waals surface area contributed by atoms with Crippen molar-refractivity contribution in [3.8, 4) is 0 Å². The lowest BCUT2D eigenvalue weighted by Crippen LogP contribution is -2.36. The van der Waals surface area contributed by atoms with Gasteiger partial charge in [-0.25, -0.2) is 4.79 Å². The molecule has 0 aliphatic rings. The van der Waals surface area contributed by atoms with E-state index in [1.54, 1.807) is 23.1 Å². The van der Waals surface area contributed by atoms with Crippen molar-refractivity contribution in [3.05, 3.63) is 64.7 Å². The molecule has 2 aromatic rings. The first-order valence-electron chi connectivity index (χ1n) is 7.07. The van der Waals surface area contributed by atoms with Crippen molar-refractivity contribution in [2.75, 3.05) is 18.5 Å². The SMILES string of the molecule is Cc1cc(Cl)ccc1NC(=O)N(CCO)Cc1ccccc1. The molecule has 116 valence electrons. The number of carbonyl (C=O) groups excluding carboxylic acids is 1. The van der Waals surface area contributed by atoms with E-state index in [4.69, 9.17) is 11.6 Å². The fourth-order valence-electron chi connectivity index (χ4n) is 2.14.